The fourth-order valence-electron chi connectivity index (χ4n) is 2.62. The van der Waals surface area contributed by atoms with E-state index in [2.05, 4.69) is 0 Å². The number of hydrogen-bond acceptors (Lipinski definition) is 3. The second kappa shape index (κ2) is 6.98. The summed E-state index contributed by atoms with van der Waals surface area (Å²) in [5.74, 6) is -1.34. The summed E-state index contributed by atoms with van der Waals surface area (Å²) < 4.78 is 1.92. The third-order valence-corrected chi connectivity index (χ3v) is 4.64. The van der Waals surface area contributed by atoms with Crippen LogP contribution in [0.15, 0.2) is 35.8 Å². The van der Waals surface area contributed by atoms with Crippen molar-refractivity contribution in [2.45, 2.75) is 13.0 Å². The van der Waals surface area contributed by atoms with Crippen LogP contribution in [0.1, 0.15) is 21.8 Å². The molecule has 22 heavy (non-hydrogen) atoms. The Morgan fingerprint density at radius 2 is 2.14 bits per heavy atom. The first-order chi connectivity index (χ1) is 10.1. The van der Waals surface area contributed by atoms with Gasteiger partial charge in [-0.25, -0.2) is 0 Å². The largest absolute Gasteiger partial charge is 0.481 e. The molecular formula is C15H17ClN2O3S. The van der Waals surface area contributed by atoms with E-state index < -0.39 is 11.9 Å². The van der Waals surface area contributed by atoms with Crippen molar-refractivity contribution in [3.05, 3.63) is 46.4 Å². The molecule has 1 atom stereocenters. The summed E-state index contributed by atoms with van der Waals surface area (Å²) in [5.41, 5.74) is 0.620. The van der Waals surface area contributed by atoms with Crippen LogP contribution in [-0.4, -0.2) is 39.5 Å². The van der Waals surface area contributed by atoms with Crippen LogP contribution in [0.25, 0.3) is 0 Å². The lowest BCUT2D eigenvalue weighted by Crippen LogP contribution is -2.31. The highest BCUT2D eigenvalue weighted by Gasteiger charge is 2.32. The van der Waals surface area contributed by atoms with E-state index in [0.29, 0.717) is 31.7 Å². The van der Waals surface area contributed by atoms with Crippen molar-refractivity contribution in [2.24, 2.45) is 5.92 Å². The van der Waals surface area contributed by atoms with Crippen LogP contribution in [0.4, 0.5) is 0 Å². The van der Waals surface area contributed by atoms with Crippen LogP contribution in [0, 0.1) is 5.92 Å². The molecule has 0 bridgehead atoms. The van der Waals surface area contributed by atoms with Gasteiger partial charge < -0.3 is 14.6 Å². The fraction of sp³-hybridized carbons (Fsp3) is 0.333. The van der Waals surface area contributed by atoms with Gasteiger partial charge in [0.1, 0.15) is 5.69 Å². The van der Waals surface area contributed by atoms with Crippen molar-refractivity contribution >= 4 is 35.6 Å². The van der Waals surface area contributed by atoms with Gasteiger partial charge in [0.25, 0.3) is 5.91 Å². The summed E-state index contributed by atoms with van der Waals surface area (Å²) in [6.45, 7) is 1.49. The number of amides is 1. The van der Waals surface area contributed by atoms with Gasteiger partial charge in [-0.05, 0) is 30.0 Å². The summed E-state index contributed by atoms with van der Waals surface area (Å²) in [4.78, 5) is 26.4. The van der Waals surface area contributed by atoms with Gasteiger partial charge in [-0.2, -0.15) is 0 Å². The number of aromatic nitrogens is 1. The first kappa shape index (κ1) is 16.6. The van der Waals surface area contributed by atoms with Gasteiger partial charge in [0.15, 0.2) is 0 Å². The second-order valence-electron chi connectivity index (χ2n) is 5.18. The number of likely N-dealkylation sites (tertiary alicyclic amines) is 1. The molecule has 0 aromatic carbocycles. The Labute approximate surface area is 138 Å². The second-order valence-corrected chi connectivity index (χ2v) is 6.21. The van der Waals surface area contributed by atoms with E-state index in [1.54, 1.807) is 22.3 Å². The van der Waals surface area contributed by atoms with Crippen LogP contribution >= 0.6 is 23.7 Å². The SMILES string of the molecule is Cl.O=C(O)C1CCN(C(=O)c2cccn2Cc2cccs2)C1. The minimum atomic E-state index is -0.820. The molecule has 1 fully saturated rings. The zero-order chi connectivity index (χ0) is 14.8. The number of carboxylic acid groups (broad SMARTS) is 1. The molecule has 118 valence electrons. The number of rotatable bonds is 4. The van der Waals surface area contributed by atoms with Crippen LogP contribution in [0.3, 0.4) is 0 Å². The van der Waals surface area contributed by atoms with Crippen LogP contribution in [0.5, 0.6) is 0 Å². The Morgan fingerprint density at radius 3 is 2.77 bits per heavy atom. The van der Waals surface area contributed by atoms with E-state index in [-0.39, 0.29) is 18.3 Å². The third-order valence-electron chi connectivity index (χ3n) is 3.78. The lowest BCUT2D eigenvalue weighted by Gasteiger charge is -2.17. The topological polar surface area (TPSA) is 62.5 Å². The molecule has 1 aliphatic heterocycles. The first-order valence-electron chi connectivity index (χ1n) is 6.85. The van der Waals surface area contributed by atoms with E-state index in [1.165, 1.54) is 4.88 Å². The van der Waals surface area contributed by atoms with Crippen molar-refractivity contribution < 1.29 is 14.7 Å². The number of aliphatic carboxylic acids is 1. The first-order valence-corrected chi connectivity index (χ1v) is 7.72. The number of thiophene rings is 1. The quantitative estimate of drug-likeness (QED) is 0.930. The van der Waals surface area contributed by atoms with Crippen LogP contribution in [-0.2, 0) is 11.3 Å². The molecule has 0 saturated carbocycles. The van der Waals surface area contributed by atoms with Crippen molar-refractivity contribution in [3.63, 3.8) is 0 Å². The summed E-state index contributed by atoms with van der Waals surface area (Å²) in [5, 5.41) is 11.0. The Balaban J connectivity index is 0.00000176. The predicted octanol–water partition coefficient (Wildman–Crippen LogP) is 2.57. The van der Waals surface area contributed by atoms with Gasteiger partial charge in [0.2, 0.25) is 0 Å². The predicted molar refractivity (Wildman–Crippen MR) is 86.7 cm³/mol. The molecule has 0 aliphatic carbocycles. The van der Waals surface area contributed by atoms with E-state index in [1.807, 2.05) is 34.3 Å². The zero-order valence-corrected chi connectivity index (χ0v) is 13.5. The van der Waals surface area contributed by atoms with Crippen LogP contribution in [0.2, 0.25) is 0 Å². The lowest BCUT2D eigenvalue weighted by molar-refractivity contribution is -0.141. The maximum absolute atomic E-state index is 12.5. The van der Waals surface area contributed by atoms with Gasteiger partial charge in [-0.1, -0.05) is 6.07 Å². The number of halogens is 1. The van der Waals surface area contributed by atoms with Crippen LogP contribution < -0.4 is 0 Å². The Kier molecular flexibility index (Phi) is 5.26. The average Bonchev–Trinajstić information content (AvgIpc) is 3.20. The molecule has 1 N–H and O–H groups in total. The fourth-order valence-corrected chi connectivity index (χ4v) is 3.33. The molecule has 1 amide bonds. The summed E-state index contributed by atoms with van der Waals surface area (Å²) in [7, 11) is 0. The molecule has 0 radical (unpaired) electrons. The Morgan fingerprint density at radius 1 is 1.32 bits per heavy atom. The molecule has 2 aromatic rings. The molecule has 5 nitrogen and oxygen atoms in total. The summed E-state index contributed by atoms with van der Waals surface area (Å²) >= 11 is 1.65. The van der Waals surface area contributed by atoms with Crippen molar-refractivity contribution in [3.8, 4) is 0 Å². The number of hydrogen-bond donors (Lipinski definition) is 1. The highest BCUT2D eigenvalue weighted by molar-refractivity contribution is 7.09. The van der Waals surface area contributed by atoms with Crippen molar-refractivity contribution in [1.29, 1.82) is 0 Å². The maximum atomic E-state index is 12.5. The van der Waals surface area contributed by atoms with E-state index in [4.69, 9.17) is 5.11 Å². The van der Waals surface area contributed by atoms with Crippen molar-refractivity contribution in [1.82, 2.24) is 9.47 Å². The van der Waals surface area contributed by atoms with Gasteiger partial charge in [-0.15, -0.1) is 23.7 Å². The summed E-state index contributed by atoms with van der Waals surface area (Å²) in [6, 6.07) is 7.67. The van der Waals surface area contributed by atoms with Gasteiger partial charge >= 0.3 is 5.97 Å². The highest BCUT2D eigenvalue weighted by atomic mass is 35.5. The number of carbonyl (C=O) groups is 2. The zero-order valence-electron chi connectivity index (χ0n) is 11.8. The van der Waals surface area contributed by atoms with Crippen molar-refractivity contribution in [2.75, 3.05) is 13.1 Å². The minimum absolute atomic E-state index is 0. The molecule has 7 heteroatoms. The standard InChI is InChI=1S/C15H16N2O3S.ClH/c18-14(17-7-5-11(9-17)15(19)20)13-4-1-6-16(13)10-12-3-2-8-21-12;/h1-4,6,8,11H,5,7,9-10H2,(H,19,20);1H. The number of carbonyl (C=O) groups excluding carboxylic acids is 1. The maximum Gasteiger partial charge on any atom is 0.308 e. The molecule has 1 aliphatic rings. The van der Waals surface area contributed by atoms with E-state index in [9.17, 15) is 9.59 Å². The Bertz CT molecular complexity index is 654. The number of nitrogens with zero attached hydrogens (tertiary/aromatic N) is 2. The van der Waals surface area contributed by atoms with E-state index in [0.717, 1.165) is 0 Å². The smallest absolute Gasteiger partial charge is 0.308 e. The van der Waals surface area contributed by atoms with E-state index >= 15 is 0 Å². The molecule has 1 unspecified atom stereocenters. The van der Waals surface area contributed by atoms with Gasteiger partial charge in [0, 0.05) is 24.2 Å². The van der Waals surface area contributed by atoms with Gasteiger partial charge in [0.05, 0.1) is 12.5 Å². The summed E-state index contributed by atoms with van der Waals surface area (Å²) in [6.07, 6.45) is 2.42. The molecule has 3 heterocycles. The molecular weight excluding hydrogens is 324 g/mol. The lowest BCUT2D eigenvalue weighted by atomic mass is 10.1. The third kappa shape index (κ3) is 3.34. The molecule has 2 aromatic heterocycles. The highest BCUT2D eigenvalue weighted by Crippen LogP contribution is 2.20. The van der Waals surface area contributed by atoms with Gasteiger partial charge in [-0.3, -0.25) is 9.59 Å². The molecule has 3 rings (SSSR count). The molecule has 1 saturated heterocycles. The number of carboxylic acids is 1. The monoisotopic (exact) mass is 340 g/mol. The normalized spacial score (nSPS) is 17.3. The Hall–Kier alpha value is -1.79. The average molecular weight is 341 g/mol. The minimum Gasteiger partial charge on any atom is -0.481 e. The molecule has 0 spiro atoms.